The van der Waals surface area contributed by atoms with Crippen LogP contribution in [-0.2, 0) is 17.9 Å². The molecule has 1 amide bonds. The lowest BCUT2D eigenvalue weighted by Gasteiger charge is -2.22. The number of nitrogens with zero attached hydrogens (tertiary/aromatic N) is 2. The minimum Gasteiger partial charge on any atom is -0.352 e. The van der Waals surface area contributed by atoms with Crippen LogP contribution in [0.25, 0.3) is 11.0 Å². The second-order valence-corrected chi connectivity index (χ2v) is 8.04. The summed E-state index contributed by atoms with van der Waals surface area (Å²) in [4.78, 5) is 16.7. The van der Waals surface area contributed by atoms with Gasteiger partial charge in [-0.25, -0.2) is 4.98 Å². The number of hydrogen-bond acceptors (Lipinski definition) is 4. The lowest BCUT2D eigenvalue weighted by atomic mass is 10.1. The van der Waals surface area contributed by atoms with E-state index in [0.717, 1.165) is 41.2 Å². The van der Waals surface area contributed by atoms with Crippen molar-refractivity contribution in [3.05, 3.63) is 66.0 Å². The molecule has 2 heterocycles. The van der Waals surface area contributed by atoms with Gasteiger partial charge in [-0.15, -0.1) is 0 Å². The highest BCUT2D eigenvalue weighted by molar-refractivity contribution is 7.99. The predicted molar refractivity (Wildman–Crippen MR) is 111 cm³/mol. The highest BCUT2D eigenvalue weighted by atomic mass is 32.2. The van der Waals surface area contributed by atoms with Crippen LogP contribution in [0.4, 0.5) is 0 Å². The predicted octanol–water partition coefficient (Wildman–Crippen LogP) is 2.80. The molecule has 0 spiro atoms. The molecule has 1 unspecified atom stereocenters. The van der Waals surface area contributed by atoms with Gasteiger partial charge in [0.05, 0.1) is 17.4 Å². The Hall–Kier alpha value is -2.31. The molecule has 0 radical (unpaired) electrons. The molecule has 4 rings (SSSR count). The molecule has 0 aliphatic carbocycles. The zero-order chi connectivity index (χ0) is 18.5. The number of imidazole rings is 1. The van der Waals surface area contributed by atoms with E-state index in [1.54, 1.807) is 0 Å². The standard InChI is InChI=1S/C21H24N4OS/c26-21(11-18-14-27-9-8-22-18)23-12-16-4-3-5-17(10-16)13-25-15-24-19-6-1-2-7-20(19)25/h1-7,10,15,18,22H,8-9,11-14H2,(H,23,26). The van der Waals surface area contributed by atoms with E-state index in [-0.39, 0.29) is 5.91 Å². The Kier molecular flexibility index (Phi) is 5.75. The third-order valence-corrected chi connectivity index (χ3v) is 5.92. The molecule has 1 saturated heterocycles. The normalized spacial score (nSPS) is 17.1. The second kappa shape index (κ2) is 8.59. The summed E-state index contributed by atoms with van der Waals surface area (Å²) in [7, 11) is 0. The van der Waals surface area contributed by atoms with Crippen molar-refractivity contribution in [2.45, 2.75) is 25.6 Å². The first-order chi connectivity index (χ1) is 13.3. The van der Waals surface area contributed by atoms with Crippen LogP contribution < -0.4 is 10.6 Å². The first kappa shape index (κ1) is 18.1. The monoisotopic (exact) mass is 380 g/mol. The highest BCUT2D eigenvalue weighted by Gasteiger charge is 2.16. The van der Waals surface area contributed by atoms with Crippen LogP contribution in [0.5, 0.6) is 0 Å². The summed E-state index contributed by atoms with van der Waals surface area (Å²) in [6, 6.07) is 16.8. The minimum atomic E-state index is 0.112. The molecule has 140 valence electrons. The number of thioether (sulfide) groups is 1. The van der Waals surface area contributed by atoms with Crippen molar-refractivity contribution in [3.63, 3.8) is 0 Å². The van der Waals surface area contributed by atoms with Crippen LogP contribution in [0.1, 0.15) is 17.5 Å². The number of para-hydroxylation sites is 2. The van der Waals surface area contributed by atoms with Gasteiger partial charge in [0, 0.05) is 43.6 Å². The number of rotatable bonds is 6. The molecule has 5 nitrogen and oxygen atoms in total. The number of carbonyl (C=O) groups is 1. The third kappa shape index (κ3) is 4.70. The number of nitrogens with one attached hydrogen (secondary N) is 2. The maximum absolute atomic E-state index is 12.2. The molecule has 27 heavy (non-hydrogen) atoms. The van der Waals surface area contributed by atoms with Gasteiger partial charge >= 0.3 is 0 Å². The van der Waals surface area contributed by atoms with Crippen molar-refractivity contribution in [2.24, 2.45) is 0 Å². The molecule has 3 aromatic rings. The number of hydrogen-bond donors (Lipinski definition) is 2. The van der Waals surface area contributed by atoms with Gasteiger partial charge in [0.1, 0.15) is 0 Å². The van der Waals surface area contributed by atoms with E-state index in [4.69, 9.17) is 0 Å². The molecule has 2 aromatic carbocycles. The maximum atomic E-state index is 12.2. The summed E-state index contributed by atoms with van der Waals surface area (Å²) >= 11 is 1.91. The lowest BCUT2D eigenvalue weighted by Crippen LogP contribution is -2.41. The molecule has 0 saturated carbocycles. The Bertz CT molecular complexity index is 917. The topological polar surface area (TPSA) is 59.0 Å². The lowest BCUT2D eigenvalue weighted by molar-refractivity contribution is -0.121. The number of amides is 1. The Morgan fingerprint density at radius 2 is 2.11 bits per heavy atom. The van der Waals surface area contributed by atoms with Crippen LogP contribution in [-0.4, -0.2) is 39.6 Å². The fourth-order valence-electron chi connectivity index (χ4n) is 3.42. The number of fused-ring (bicyclic) bond motifs is 1. The number of benzene rings is 2. The van der Waals surface area contributed by atoms with E-state index in [0.29, 0.717) is 19.0 Å². The Balaban J connectivity index is 1.35. The highest BCUT2D eigenvalue weighted by Crippen LogP contribution is 2.15. The molecule has 1 aliphatic rings. The van der Waals surface area contributed by atoms with Crippen LogP contribution in [0.2, 0.25) is 0 Å². The summed E-state index contributed by atoms with van der Waals surface area (Å²) in [6.45, 7) is 2.33. The summed E-state index contributed by atoms with van der Waals surface area (Å²) in [5, 5.41) is 6.46. The van der Waals surface area contributed by atoms with E-state index in [1.165, 1.54) is 5.56 Å². The first-order valence-corrected chi connectivity index (χ1v) is 10.5. The van der Waals surface area contributed by atoms with Crippen molar-refractivity contribution >= 4 is 28.7 Å². The molecular formula is C21H24N4OS. The molecule has 2 N–H and O–H groups in total. The Labute approximate surface area is 163 Å². The molecule has 1 aromatic heterocycles. The molecule has 1 atom stereocenters. The Morgan fingerprint density at radius 1 is 1.22 bits per heavy atom. The van der Waals surface area contributed by atoms with Gasteiger partial charge < -0.3 is 15.2 Å². The first-order valence-electron chi connectivity index (χ1n) is 9.33. The zero-order valence-corrected chi connectivity index (χ0v) is 16.0. The number of carbonyl (C=O) groups excluding carboxylic acids is 1. The molecule has 6 heteroatoms. The molecule has 1 aliphatic heterocycles. The van der Waals surface area contributed by atoms with Crippen LogP contribution in [0.15, 0.2) is 54.9 Å². The zero-order valence-electron chi connectivity index (χ0n) is 15.2. The largest absolute Gasteiger partial charge is 0.352 e. The van der Waals surface area contributed by atoms with Crippen molar-refractivity contribution in [1.29, 1.82) is 0 Å². The van der Waals surface area contributed by atoms with Crippen molar-refractivity contribution in [3.8, 4) is 0 Å². The van der Waals surface area contributed by atoms with Crippen molar-refractivity contribution in [1.82, 2.24) is 20.2 Å². The summed E-state index contributed by atoms with van der Waals surface area (Å²) in [5.74, 6) is 2.26. The van der Waals surface area contributed by atoms with Crippen LogP contribution in [0, 0.1) is 0 Å². The molecular weight excluding hydrogens is 356 g/mol. The maximum Gasteiger partial charge on any atom is 0.221 e. The van der Waals surface area contributed by atoms with Crippen LogP contribution >= 0.6 is 11.8 Å². The molecule has 0 bridgehead atoms. The van der Waals surface area contributed by atoms with E-state index in [2.05, 4.69) is 50.5 Å². The van der Waals surface area contributed by atoms with Gasteiger partial charge in [-0.1, -0.05) is 36.4 Å². The smallest absolute Gasteiger partial charge is 0.221 e. The Morgan fingerprint density at radius 3 is 3.00 bits per heavy atom. The van der Waals surface area contributed by atoms with E-state index in [9.17, 15) is 4.79 Å². The summed E-state index contributed by atoms with van der Waals surface area (Å²) in [5.41, 5.74) is 4.47. The molecule has 1 fully saturated rings. The van der Waals surface area contributed by atoms with Gasteiger partial charge in [-0.3, -0.25) is 4.79 Å². The minimum absolute atomic E-state index is 0.112. The fourth-order valence-corrected chi connectivity index (χ4v) is 4.37. The van der Waals surface area contributed by atoms with E-state index >= 15 is 0 Å². The van der Waals surface area contributed by atoms with Gasteiger partial charge in [0.25, 0.3) is 0 Å². The third-order valence-electron chi connectivity index (χ3n) is 4.79. The van der Waals surface area contributed by atoms with E-state index < -0.39 is 0 Å². The van der Waals surface area contributed by atoms with Gasteiger partial charge in [-0.05, 0) is 23.3 Å². The van der Waals surface area contributed by atoms with Crippen molar-refractivity contribution < 1.29 is 4.79 Å². The van der Waals surface area contributed by atoms with Gasteiger partial charge in [0.15, 0.2) is 0 Å². The SMILES string of the molecule is O=C(CC1CSCCN1)NCc1cccc(Cn2cnc3ccccc32)c1. The summed E-state index contributed by atoms with van der Waals surface area (Å²) < 4.78 is 2.15. The summed E-state index contributed by atoms with van der Waals surface area (Å²) in [6.07, 6.45) is 2.43. The average molecular weight is 381 g/mol. The number of aromatic nitrogens is 2. The van der Waals surface area contributed by atoms with Gasteiger partial charge in [-0.2, -0.15) is 11.8 Å². The van der Waals surface area contributed by atoms with E-state index in [1.807, 2.05) is 36.3 Å². The average Bonchev–Trinajstić information content (AvgIpc) is 3.11. The quantitative estimate of drug-likeness (QED) is 0.690. The van der Waals surface area contributed by atoms with Gasteiger partial charge in [0.2, 0.25) is 5.91 Å². The van der Waals surface area contributed by atoms with Crippen LogP contribution in [0.3, 0.4) is 0 Å². The second-order valence-electron chi connectivity index (χ2n) is 6.89. The fraction of sp³-hybridized carbons (Fsp3) is 0.333. The van der Waals surface area contributed by atoms with Crippen molar-refractivity contribution in [2.75, 3.05) is 18.1 Å².